The number of para-hydroxylation sites is 4. The van der Waals surface area contributed by atoms with E-state index in [1.165, 1.54) is 64.9 Å². The summed E-state index contributed by atoms with van der Waals surface area (Å²) in [6, 6.07) is 48.0. The van der Waals surface area contributed by atoms with Gasteiger partial charge in [0.25, 0.3) is 0 Å². The van der Waals surface area contributed by atoms with Crippen LogP contribution in [0.2, 0.25) is 0 Å². The fraction of sp³-hybridized carbons (Fsp3) is 0.120. The molecule has 12 aromatic rings. The molecule has 0 fully saturated rings. The summed E-state index contributed by atoms with van der Waals surface area (Å²) in [5.74, 6) is 12.9. The van der Waals surface area contributed by atoms with Gasteiger partial charge in [-0.15, -0.1) is 0 Å². The second-order valence-electron chi connectivity index (χ2n) is 14.9. The summed E-state index contributed by atoms with van der Waals surface area (Å²) in [4.78, 5) is 0. The van der Waals surface area contributed by atoms with Crippen molar-refractivity contribution in [1.82, 2.24) is 19.2 Å². The van der Waals surface area contributed by atoms with Crippen molar-refractivity contribution in [2.45, 2.75) is 38.8 Å². The Morgan fingerprint density at radius 1 is 0.446 bits per heavy atom. The predicted octanol–water partition coefficient (Wildman–Crippen LogP) is 9.93. The van der Waals surface area contributed by atoms with Gasteiger partial charge in [0.1, 0.15) is 11.0 Å². The lowest BCUT2D eigenvalue weighted by molar-refractivity contribution is -0.646. The van der Waals surface area contributed by atoms with E-state index < -0.39 is 0 Å². The van der Waals surface area contributed by atoms with Gasteiger partial charge in [0.15, 0.2) is 11.0 Å². The molecule has 4 aromatic heterocycles. The molecule has 0 radical (unpaired) electrons. The summed E-state index contributed by atoms with van der Waals surface area (Å²) in [6.45, 7) is 1.71. The van der Waals surface area contributed by atoms with E-state index in [4.69, 9.17) is 10.2 Å². The molecule has 12 rings (SSSR count). The summed E-state index contributed by atoms with van der Waals surface area (Å²) in [5, 5.41) is 23.0. The summed E-state index contributed by atoms with van der Waals surface area (Å²) < 4.78 is 9.04. The van der Waals surface area contributed by atoms with Crippen molar-refractivity contribution in [3.05, 3.63) is 133 Å². The Morgan fingerprint density at radius 3 is 1.34 bits per heavy atom. The predicted molar refractivity (Wildman–Crippen MR) is 227 cm³/mol. The Kier molecular flexibility index (Phi) is 6.73. The van der Waals surface area contributed by atoms with Crippen LogP contribution < -0.4 is 9.13 Å². The highest BCUT2D eigenvalue weighted by atomic mass is 15.3. The third kappa shape index (κ3) is 4.48. The van der Waals surface area contributed by atoms with Crippen LogP contribution in [0.4, 0.5) is 0 Å². The van der Waals surface area contributed by atoms with E-state index in [-0.39, 0.29) is 0 Å². The molecule has 0 saturated carbocycles. The number of rotatable bonds is 6. The number of fused-ring (bicyclic) bond motifs is 12. The summed E-state index contributed by atoms with van der Waals surface area (Å²) in [6.07, 6.45) is 3.42. The van der Waals surface area contributed by atoms with Crippen molar-refractivity contribution in [3.8, 4) is 23.7 Å². The van der Waals surface area contributed by atoms with Gasteiger partial charge in [0.2, 0.25) is 11.0 Å². The van der Waals surface area contributed by atoms with Gasteiger partial charge < -0.3 is 0 Å². The van der Waals surface area contributed by atoms with Gasteiger partial charge in [-0.2, -0.15) is 0 Å². The third-order valence-electron chi connectivity index (χ3n) is 11.8. The molecule has 0 spiro atoms. The zero-order valence-electron chi connectivity index (χ0n) is 30.6. The van der Waals surface area contributed by atoms with E-state index in [0.717, 1.165) is 72.1 Å². The summed E-state index contributed by atoms with van der Waals surface area (Å²) in [7, 11) is 0. The Morgan fingerprint density at radius 2 is 0.875 bits per heavy atom. The van der Waals surface area contributed by atoms with Crippen molar-refractivity contribution in [2.24, 2.45) is 0 Å². The maximum atomic E-state index is 5.26. The topological polar surface area (TPSA) is 42.4 Å². The van der Waals surface area contributed by atoms with Gasteiger partial charge in [-0.05, 0) is 81.3 Å². The van der Waals surface area contributed by atoms with Crippen molar-refractivity contribution in [1.29, 1.82) is 0 Å². The molecule has 262 valence electrons. The number of hydrogen-bond donors (Lipinski definition) is 0. The molecule has 6 nitrogen and oxygen atoms in total. The zero-order valence-corrected chi connectivity index (χ0v) is 30.6. The maximum Gasteiger partial charge on any atom is 0.308 e. The van der Waals surface area contributed by atoms with E-state index in [1.807, 2.05) is 0 Å². The average Bonchev–Trinajstić information content (AvgIpc) is 3.94. The highest BCUT2D eigenvalue weighted by molar-refractivity contribution is 6.30. The van der Waals surface area contributed by atoms with Gasteiger partial charge in [-0.25, -0.2) is 9.13 Å². The molecule has 0 unspecified atom stereocenters. The highest BCUT2D eigenvalue weighted by Gasteiger charge is 2.25. The molecule has 6 heteroatoms. The van der Waals surface area contributed by atoms with Gasteiger partial charge in [0, 0.05) is 46.5 Å². The largest absolute Gasteiger partial charge is 0.308 e. The number of benzene rings is 6. The Hall–Kier alpha value is -7.28. The SMILES string of the molecule is C(C#CCCC[n+]1c2ccccc2n2nc3c(cc21)c1cccc2cccc3c21)#CCCC[n+]1c2ccccc2n2nc3c(cc21)c1cccc2cccc3c21. The molecule has 56 heavy (non-hydrogen) atoms. The second kappa shape index (κ2) is 12.1. The molecule has 8 aromatic carbocycles. The van der Waals surface area contributed by atoms with Crippen LogP contribution in [0.3, 0.4) is 0 Å². The van der Waals surface area contributed by atoms with E-state index in [9.17, 15) is 0 Å². The van der Waals surface area contributed by atoms with Crippen LogP contribution in [0.1, 0.15) is 25.7 Å². The van der Waals surface area contributed by atoms with E-state index in [2.05, 4.69) is 175 Å². The fourth-order valence-electron chi connectivity index (χ4n) is 9.32. The normalized spacial score (nSPS) is 12.1. The van der Waals surface area contributed by atoms with Crippen LogP contribution in [-0.2, 0) is 13.1 Å². The molecule has 0 aliphatic carbocycles. The van der Waals surface area contributed by atoms with Crippen LogP contribution >= 0.6 is 0 Å². The molecular formula is C50H34N6+2. The molecule has 0 aliphatic rings. The smallest absolute Gasteiger partial charge is 0.221 e. The number of aryl methyl sites for hydroxylation is 2. The lowest BCUT2D eigenvalue weighted by Gasteiger charge is -1.98. The van der Waals surface area contributed by atoms with Crippen LogP contribution in [0.5, 0.6) is 0 Å². The number of imidazole rings is 2. The lowest BCUT2D eigenvalue weighted by Crippen LogP contribution is -2.33. The van der Waals surface area contributed by atoms with Crippen molar-refractivity contribution < 1.29 is 9.13 Å². The van der Waals surface area contributed by atoms with Gasteiger partial charge in [-0.3, -0.25) is 0 Å². The fourth-order valence-corrected chi connectivity index (χ4v) is 9.32. The van der Waals surface area contributed by atoms with Gasteiger partial charge in [-0.1, -0.05) is 128 Å². The van der Waals surface area contributed by atoms with Crippen LogP contribution in [0.15, 0.2) is 133 Å². The minimum Gasteiger partial charge on any atom is -0.221 e. The molecule has 4 heterocycles. The molecule has 0 bridgehead atoms. The summed E-state index contributed by atoms with van der Waals surface area (Å²) in [5.41, 5.74) is 8.93. The first-order chi connectivity index (χ1) is 27.8. The van der Waals surface area contributed by atoms with Gasteiger partial charge >= 0.3 is 11.3 Å². The molecule has 0 atom stereocenters. The number of nitrogens with zero attached hydrogens (tertiary/aromatic N) is 6. The minimum atomic E-state index is 0.782. The highest BCUT2D eigenvalue weighted by Crippen LogP contribution is 2.39. The monoisotopic (exact) mass is 718 g/mol. The van der Waals surface area contributed by atoms with E-state index in [0.29, 0.717) is 0 Å². The lowest BCUT2D eigenvalue weighted by atomic mass is 10.1. The first-order valence-corrected chi connectivity index (χ1v) is 19.5. The molecule has 0 aliphatic heterocycles. The summed E-state index contributed by atoms with van der Waals surface area (Å²) >= 11 is 0. The molecule has 0 saturated heterocycles. The van der Waals surface area contributed by atoms with Crippen molar-refractivity contribution in [2.75, 3.05) is 0 Å². The number of unbranched alkanes of at least 4 members (excludes halogenated alkanes) is 2. The van der Waals surface area contributed by atoms with E-state index >= 15 is 0 Å². The standard InChI is InChI=1S/C50H34N6/c1(3-5-11-29-53-41-25-7-9-27-43(41)55-45(53)31-39-35-21-13-17-33-19-15-23-37(47(33)35)49(39)51-55)2-4-6-12-30-54-42-26-8-10-28-44(42)56-46(54)32-40-36-22-14-18-34-20-16-24-38(48(34)36)50(40)52-56/h7-10,13-28,31-32H,5-6,11-12,29-30H2/q+2. The maximum absolute atomic E-state index is 5.26. The quantitative estimate of drug-likeness (QED) is 0.0976. The van der Waals surface area contributed by atoms with Crippen molar-refractivity contribution >= 4 is 98.3 Å². The van der Waals surface area contributed by atoms with E-state index in [1.54, 1.807) is 0 Å². The van der Waals surface area contributed by atoms with Crippen molar-refractivity contribution in [3.63, 3.8) is 0 Å². The van der Waals surface area contributed by atoms with Crippen LogP contribution in [0.25, 0.3) is 98.3 Å². The second-order valence-corrected chi connectivity index (χ2v) is 14.9. The van der Waals surface area contributed by atoms with Gasteiger partial charge in [0.05, 0.1) is 13.1 Å². The molecular weight excluding hydrogens is 685 g/mol. The Balaban J connectivity index is 0.774. The average molecular weight is 719 g/mol. The van der Waals surface area contributed by atoms with Crippen LogP contribution in [0, 0.1) is 23.7 Å². The van der Waals surface area contributed by atoms with Crippen LogP contribution in [-0.4, -0.2) is 19.2 Å². The first kappa shape index (κ1) is 31.1. The first-order valence-electron chi connectivity index (χ1n) is 19.5. The number of hydrogen-bond acceptors (Lipinski definition) is 2. The Bertz CT molecular complexity index is 3420. The minimum absolute atomic E-state index is 0.782. The molecule has 0 N–H and O–H groups in total. The zero-order chi connectivity index (χ0) is 36.7. The third-order valence-corrected chi connectivity index (χ3v) is 11.8. The number of aromatic nitrogens is 6. The molecule has 0 amide bonds. The Labute approximate surface area is 321 Å².